The topological polar surface area (TPSA) is 93.4 Å². The molecule has 2 heterocycles. The molecule has 1 N–H and O–H groups in total. The normalized spacial score (nSPS) is 13.1. The molecule has 1 aliphatic carbocycles. The minimum absolute atomic E-state index is 0.00565. The molecule has 0 bridgehead atoms. The van der Waals surface area contributed by atoms with Gasteiger partial charge in [0, 0.05) is 28.5 Å². The van der Waals surface area contributed by atoms with Gasteiger partial charge in [0.25, 0.3) is 5.91 Å². The van der Waals surface area contributed by atoms with Gasteiger partial charge in [0.05, 0.1) is 22.7 Å². The fraction of sp³-hybridized carbons (Fsp3) is 0.0870. The highest BCUT2D eigenvalue weighted by Gasteiger charge is 2.34. The average Bonchev–Trinajstić information content (AvgIpc) is 3.23. The van der Waals surface area contributed by atoms with E-state index >= 15 is 0 Å². The second-order valence-electron chi connectivity index (χ2n) is 7.50. The summed E-state index contributed by atoms with van der Waals surface area (Å²) in [7, 11) is 0. The lowest BCUT2D eigenvalue weighted by Crippen LogP contribution is -2.29. The fourth-order valence-electron chi connectivity index (χ4n) is 3.86. The van der Waals surface area contributed by atoms with Crippen LogP contribution in [-0.2, 0) is 12.7 Å². The number of fused-ring (bicyclic) bond motifs is 3. The Morgan fingerprint density at radius 2 is 1.65 bits per heavy atom. The smallest absolute Gasteiger partial charge is 0.345 e. The van der Waals surface area contributed by atoms with Crippen LogP contribution in [0.5, 0.6) is 0 Å². The lowest BCUT2D eigenvalue weighted by Gasteiger charge is -2.19. The summed E-state index contributed by atoms with van der Waals surface area (Å²) >= 11 is 5.91. The highest BCUT2D eigenvalue weighted by molar-refractivity contribution is 6.33. The number of carbonyl (C=O) groups is 3. The van der Waals surface area contributed by atoms with Crippen LogP contribution < -0.4 is 5.32 Å². The van der Waals surface area contributed by atoms with E-state index in [1.807, 2.05) is 0 Å². The summed E-state index contributed by atoms with van der Waals surface area (Å²) < 4.78 is 40.5. The molecule has 1 aliphatic rings. The van der Waals surface area contributed by atoms with Gasteiger partial charge < -0.3 is 5.32 Å². The van der Waals surface area contributed by atoms with Gasteiger partial charge in [-0.3, -0.25) is 18.8 Å². The molecule has 0 atom stereocenters. The average molecular weight is 485 g/mol. The molecule has 2 aromatic heterocycles. The van der Waals surface area contributed by atoms with Crippen molar-refractivity contribution in [3.05, 3.63) is 99.0 Å². The van der Waals surface area contributed by atoms with E-state index in [2.05, 4.69) is 15.5 Å². The molecule has 34 heavy (non-hydrogen) atoms. The van der Waals surface area contributed by atoms with Gasteiger partial charge in [-0.05, 0) is 12.1 Å². The zero-order valence-electron chi connectivity index (χ0n) is 17.0. The van der Waals surface area contributed by atoms with E-state index in [0.717, 1.165) is 16.7 Å². The summed E-state index contributed by atoms with van der Waals surface area (Å²) in [6.45, 7) is -0.306. The van der Waals surface area contributed by atoms with Crippen LogP contribution in [0.3, 0.4) is 0 Å². The van der Waals surface area contributed by atoms with Crippen molar-refractivity contribution in [2.75, 3.05) is 0 Å². The number of aromatic nitrogens is 3. The number of benzene rings is 2. The first-order valence-electron chi connectivity index (χ1n) is 9.87. The largest absolute Gasteiger partial charge is 0.417 e. The second-order valence-corrected chi connectivity index (χ2v) is 7.91. The minimum Gasteiger partial charge on any atom is -0.345 e. The van der Waals surface area contributed by atoms with Gasteiger partial charge in [-0.1, -0.05) is 48.0 Å². The molecule has 0 aliphatic heterocycles. The van der Waals surface area contributed by atoms with Gasteiger partial charge in [-0.15, -0.1) is 10.2 Å². The molecule has 0 radical (unpaired) electrons. The molecule has 0 saturated heterocycles. The number of nitrogens with one attached hydrogen (secondary N) is 1. The van der Waals surface area contributed by atoms with Crippen LogP contribution >= 0.6 is 11.6 Å². The van der Waals surface area contributed by atoms with E-state index in [0.29, 0.717) is 0 Å². The summed E-state index contributed by atoms with van der Waals surface area (Å²) in [5.41, 5.74) is -0.523. The molecule has 0 spiro atoms. The number of carbonyl (C=O) groups excluding carboxylic acids is 3. The maximum absolute atomic E-state index is 13.2. The number of halogens is 4. The highest BCUT2D eigenvalue weighted by Crippen LogP contribution is 2.32. The summed E-state index contributed by atoms with van der Waals surface area (Å²) in [4.78, 5) is 38.9. The number of alkyl halides is 3. The predicted octanol–water partition coefficient (Wildman–Crippen LogP) is 4.11. The van der Waals surface area contributed by atoms with E-state index in [-0.39, 0.29) is 56.6 Å². The molecule has 4 aromatic rings. The number of nitrogens with zero attached hydrogens (tertiary/aromatic N) is 3. The molecule has 1 amide bonds. The number of pyridine rings is 1. The first-order valence-corrected chi connectivity index (χ1v) is 10.2. The van der Waals surface area contributed by atoms with Gasteiger partial charge >= 0.3 is 6.18 Å². The Kier molecular flexibility index (Phi) is 4.98. The number of hydrogen-bond acceptors (Lipinski definition) is 5. The molecule has 0 fully saturated rings. The first kappa shape index (κ1) is 21.8. The van der Waals surface area contributed by atoms with Crippen LogP contribution in [0, 0.1) is 0 Å². The van der Waals surface area contributed by atoms with Gasteiger partial charge in [-0.2, -0.15) is 13.2 Å². The van der Waals surface area contributed by atoms with Crippen molar-refractivity contribution in [3.8, 4) is 0 Å². The lowest BCUT2D eigenvalue weighted by atomic mass is 9.81. The summed E-state index contributed by atoms with van der Waals surface area (Å²) in [5.74, 6) is -1.55. The van der Waals surface area contributed by atoms with Crippen LogP contribution in [0.15, 0.2) is 54.7 Å². The summed E-state index contributed by atoms with van der Waals surface area (Å²) in [6, 6.07) is 11.4. The molecule has 7 nitrogen and oxygen atoms in total. The number of rotatable bonds is 3. The van der Waals surface area contributed by atoms with Gasteiger partial charge in [0.1, 0.15) is 0 Å². The Hall–Kier alpha value is -4.05. The van der Waals surface area contributed by atoms with Gasteiger partial charge in [-0.25, -0.2) is 0 Å². The van der Waals surface area contributed by atoms with Crippen molar-refractivity contribution in [3.63, 3.8) is 0 Å². The quantitative estimate of drug-likeness (QED) is 0.416. The molecular formula is C23H12ClF3N4O3. The van der Waals surface area contributed by atoms with Crippen LogP contribution in [-0.4, -0.2) is 32.1 Å². The minimum atomic E-state index is -4.64. The second kappa shape index (κ2) is 7.77. The molecular weight excluding hydrogens is 473 g/mol. The third-order valence-corrected chi connectivity index (χ3v) is 5.74. The molecule has 0 saturated carbocycles. The van der Waals surface area contributed by atoms with Crippen molar-refractivity contribution in [2.45, 2.75) is 12.7 Å². The zero-order chi connectivity index (χ0) is 24.2. The van der Waals surface area contributed by atoms with Crippen molar-refractivity contribution in [1.82, 2.24) is 19.9 Å². The fourth-order valence-corrected chi connectivity index (χ4v) is 4.11. The lowest BCUT2D eigenvalue weighted by molar-refractivity contribution is -0.137. The van der Waals surface area contributed by atoms with Crippen molar-refractivity contribution in [2.24, 2.45) is 0 Å². The summed E-state index contributed by atoms with van der Waals surface area (Å²) in [6.07, 6.45) is -3.86. The number of amides is 1. The molecule has 2 aromatic carbocycles. The van der Waals surface area contributed by atoms with Crippen LogP contribution in [0.25, 0.3) is 5.65 Å². The number of hydrogen-bond donors (Lipinski definition) is 1. The SMILES string of the molecule is O=C(NCc1nnc2c(Cl)cc(C(F)(F)F)cn12)c1cccc2c1C(=O)c1ccccc1C2=O. The van der Waals surface area contributed by atoms with Crippen molar-refractivity contribution in [1.29, 1.82) is 0 Å². The maximum Gasteiger partial charge on any atom is 0.417 e. The highest BCUT2D eigenvalue weighted by atomic mass is 35.5. The van der Waals surface area contributed by atoms with Crippen LogP contribution in [0.4, 0.5) is 13.2 Å². The Labute approximate surface area is 194 Å². The molecule has 0 unspecified atom stereocenters. The standard InChI is InChI=1S/C23H12ClF3N4O3/c24-16-8-11(23(25,26)27)10-31-17(29-30-21(16)31)9-28-22(34)15-7-3-6-14-18(15)20(33)13-5-2-1-4-12(13)19(14)32/h1-8,10H,9H2,(H,28,34). The van der Waals surface area contributed by atoms with E-state index < -0.39 is 23.4 Å². The van der Waals surface area contributed by atoms with Crippen LogP contribution in [0.2, 0.25) is 5.02 Å². The Balaban J connectivity index is 1.47. The zero-order valence-corrected chi connectivity index (χ0v) is 17.7. The molecule has 170 valence electrons. The summed E-state index contributed by atoms with van der Waals surface area (Å²) in [5, 5.41) is 9.87. The van der Waals surface area contributed by atoms with Crippen LogP contribution in [0.1, 0.15) is 53.6 Å². The Morgan fingerprint density at radius 1 is 0.971 bits per heavy atom. The van der Waals surface area contributed by atoms with Crippen molar-refractivity contribution >= 4 is 34.7 Å². The molecule has 11 heteroatoms. The predicted molar refractivity (Wildman–Crippen MR) is 114 cm³/mol. The van der Waals surface area contributed by atoms with Gasteiger partial charge in [0.15, 0.2) is 23.0 Å². The molecule has 5 rings (SSSR count). The maximum atomic E-state index is 13.2. The third-order valence-electron chi connectivity index (χ3n) is 5.46. The van der Waals surface area contributed by atoms with Gasteiger partial charge in [0.2, 0.25) is 0 Å². The van der Waals surface area contributed by atoms with E-state index in [4.69, 9.17) is 11.6 Å². The van der Waals surface area contributed by atoms with E-state index in [1.54, 1.807) is 18.2 Å². The Bertz CT molecular complexity index is 1530. The number of ketones is 2. The Morgan fingerprint density at radius 3 is 2.35 bits per heavy atom. The monoisotopic (exact) mass is 484 g/mol. The van der Waals surface area contributed by atoms with E-state index in [1.165, 1.54) is 24.3 Å². The third kappa shape index (κ3) is 3.43. The first-order chi connectivity index (χ1) is 16.2. The van der Waals surface area contributed by atoms with Crippen molar-refractivity contribution < 1.29 is 27.6 Å². The van der Waals surface area contributed by atoms with E-state index in [9.17, 15) is 27.6 Å².